The van der Waals surface area contributed by atoms with E-state index in [4.69, 9.17) is 9.47 Å². The second-order valence-corrected chi connectivity index (χ2v) is 8.80. The van der Waals surface area contributed by atoms with E-state index < -0.39 is 12.8 Å². The number of hydrogen-bond donors (Lipinski definition) is 1. The van der Waals surface area contributed by atoms with Crippen molar-refractivity contribution < 1.29 is 27.4 Å². The topological polar surface area (TPSA) is 50.8 Å². The second kappa shape index (κ2) is 13.9. The highest BCUT2D eigenvalue weighted by Crippen LogP contribution is 2.30. The minimum Gasteiger partial charge on any atom is -0.496 e. The fourth-order valence-electron chi connectivity index (χ4n) is 3.83. The molecule has 0 atom stereocenters. The third kappa shape index (κ3) is 9.57. The maximum atomic E-state index is 12.8. The zero-order valence-corrected chi connectivity index (χ0v) is 21.8. The lowest BCUT2D eigenvalue weighted by Gasteiger charge is -2.20. The molecule has 0 radical (unpaired) electrons. The van der Waals surface area contributed by atoms with Crippen molar-refractivity contribution in [3.8, 4) is 11.5 Å². The molecule has 0 aliphatic carbocycles. The number of alkyl halides is 3. The van der Waals surface area contributed by atoms with Crippen LogP contribution in [-0.2, 0) is 4.79 Å². The number of ether oxygens (including phenoxy) is 2. The number of amides is 1. The minimum absolute atomic E-state index is 0.0235. The van der Waals surface area contributed by atoms with Crippen molar-refractivity contribution in [3.05, 3.63) is 52.6 Å². The van der Waals surface area contributed by atoms with Crippen molar-refractivity contribution in [2.45, 2.75) is 53.1 Å². The molecule has 0 aromatic heterocycles. The van der Waals surface area contributed by atoms with E-state index >= 15 is 0 Å². The summed E-state index contributed by atoms with van der Waals surface area (Å²) in [6.45, 7) is 9.09. The summed E-state index contributed by atoms with van der Waals surface area (Å²) in [5.74, 6) is 0.479. The summed E-state index contributed by atoms with van der Waals surface area (Å²) < 4.78 is 48.7. The predicted octanol–water partition coefficient (Wildman–Crippen LogP) is 6.87. The Kier molecular flexibility index (Phi) is 11.3. The number of nitrogens with zero attached hydrogens (tertiary/aromatic N) is 1. The lowest BCUT2D eigenvalue weighted by Crippen LogP contribution is -2.29. The van der Waals surface area contributed by atoms with Gasteiger partial charge in [-0.2, -0.15) is 13.2 Å². The first-order valence-corrected chi connectivity index (χ1v) is 12.2. The molecule has 0 fully saturated rings. The van der Waals surface area contributed by atoms with Gasteiger partial charge < -0.3 is 19.7 Å². The molecule has 0 aliphatic rings. The van der Waals surface area contributed by atoms with E-state index in [0.717, 1.165) is 48.4 Å². The Balaban J connectivity index is 2.24. The standard InChI is InChI=1S/C28H37F3N2O3/c1-6-13-33(14-7-2)15-12-27(34)32-24-17-22(10-11-25(24)36-19-28(29,30)31)8-9-23-16-20(3)21(4)26(18-23)35-5/h8-11,16-18H,6-7,12-15,19H2,1-5H3,(H,32,34)/b9-8-. The zero-order valence-electron chi connectivity index (χ0n) is 21.8. The molecule has 0 saturated carbocycles. The molecular formula is C28H37F3N2O3. The van der Waals surface area contributed by atoms with Crippen LogP contribution in [0, 0.1) is 13.8 Å². The summed E-state index contributed by atoms with van der Waals surface area (Å²) in [5, 5.41) is 2.75. The van der Waals surface area contributed by atoms with Crippen LogP contribution in [0.3, 0.4) is 0 Å². The smallest absolute Gasteiger partial charge is 0.422 e. The third-order valence-electron chi connectivity index (χ3n) is 5.73. The van der Waals surface area contributed by atoms with Gasteiger partial charge in [-0.05, 0) is 80.2 Å². The third-order valence-corrected chi connectivity index (χ3v) is 5.73. The average molecular weight is 507 g/mol. The quantitative estimate of drug-likeness (QED) is 0.301. The molecule has 0 bridgehead atoms. The van der Waals surface area contributed by atoms with Crippen molar-refractivity contribution in [1.29, 1.82) is 0 Å². The van der Waals surface area contributed by atoms with E-state index in [1.165, 1.54) is 6.07 Å². The van der Waals surface area contributed by atoms with Gasteiger partial charge >= 0.3 is 6.18 Å². The highest BCUT2D eigenvalue weighted by atomic mass is 19.4. The minimum atomic E-state index is -4.48. The molecule has 0 aliphatic heterocycles. The van der Waals surface area contributed by atoms with E-state index in [9.17, 15) is 18.0 Å². The van der Waals surface area contributed by atoms with Crippen LogP contribution in [0.2, 0.25) is 0 Å². The van der Waals surface area contributed by atoms with Crippen molar-refractivity contribution in [2.75, 3.05) is 38.7 Å². The van der Waals surface area contributed by atoms with Crippen LogP contribution in [-0.4, -0.2) is 50.3 Å². The Morgan fingerprint density at radius 2 is 1.64 bits per heavy atom. The molecule has 0 unspecified atom stereocenters. The van der Waals surface area contributed by atoms with Crippen molar-refractivity contribution in [3.63, 3.8) is 0 Å². The van der Waals surface area contributed by atoms with Crippen LogP contribution < -0.4 is 14.8 Å². The van der Waals surface area contributed by atoms with Gasteiger partial charge in [0.2, 0.25) is 5.91 Å². The fraction of sp³-hybridized carbons (Fsp3) is 0.464. The zero-order chi connectivity index (χ0) is 26.7. The summed E-state index contributed by atoms with van der Waals surface area (Å²) in [6.07, 6.45) is 1.44. The number of carbonyl (C=O) groups is 1. The van der Waals surface area contributed by atoms with Gasteiger partial charge in [0.1, 0.15) is 11.5 Å². The number of carbonyl (C=O) groups excluding carboxylic acids is 1. The van der Waals surface area contributed by atoms with E-state index in [1.54, 1.807) is 19.2 Å². The predicted molar refractivity (Wildman–Crippen MR) is 140 cm³/mol. The number of aryl methyl sites for hydroxylation is 1. The van der Waals surface area contributed by atoms with Crippen LogP contribution in [0.5, 0.6) is 11.5 Å². The van der Waals surface area contributed by atoms with Gasteiger partial charge in [0.05, 0.1) is 12.8 Å². The number of rotatable bonds is 13. The first-order chi connectivity index (χ1) is 17.1. The molecule has 36 heavy (non-hydrogen) atoms. The second-order valence-electron chi connectivity index (χ2n) is 8.80. The molecule has 2 rings (SSSR count). The van der Waals surface area contributed by atoms with Gasteiger partial charge in [-0.25, -0.2) is 0 Å². The van der Waals surface area contributed by atoms with Crippen molar-refractivity contribution in [2.24, 2.45) is 0 Å². The molecule has 198 valence electrons. The SMILES string of the molecule is CCCN(CCC)CCC(=O)Nc1cc(/C=C\c2cc(C)c(C)c(OC)c2)ccc1OCC(F)(F)F. The summed E-state index contributed by atoms with van der Waals surface area (Å²) in [6, 6.07) is 8.66. The Morgan fingerprint density at radius 3 is 2.25 bits per heavy atom. The normalized spacial score (nSPS) is 11.8. The maximum absolute atomic E-state index is 12.8. The van der Waals surface area contributed by atoms with Gasteiger partial charge in [0, 0.05) is 13.0 Å². The van der Waals surface area contributed by atoms with E-state index in [0.29, 0.717) is 12.1 Å². The molecule has 2 aromatic rings. The molecule has 5 nitrogen and oxygen atoms in total. The molecule has 8 heteroatoms. The molecule has 0 heterocycles. The van der Waals surface area contributed by atoms with Gasteiger partial charge in [0.15, 0.2) is 6.61 Å². The first-order valence-electron chi connectivity index (χ1n) is 12.2. The monoisotopic (exact) mass is 506 g/mol. The molecular weight excluding hydrogens is 469 g/mol. The number of halogens is 3. The Bertz CT molecular complexity index is 1030. The van der Waals surface area contributed by atoms with Gasteiger partial charge in [-0.15, -0.1) is 0 Å². The maximum Gasteiger partial charge on any atom is 0.422 e. The van der Waals surface area contributed by atoms with Crippen molar-refractivity contribution in [1.82, 2.24) is 4.90 Å². The lowest BCUT2D eigenvalue weighted by molar-refractivity contribution is -0.153. The van der Waals surface area contributed by atoms with Crippen molar-refractivity contribution >= 4 is 23.7 Å². The number of benzene rings is 2. The Labute approximate surface area is 212 Å². The van der Waals surface area contributed by atoms with E-state index in [1.807, 2.05) is 38.1 Å². The summed E-state index contributed by atoms with van der Waals surface area (Å²) in [5.41, 5.74) is 3.98. The number of anilines is 1. The highest BCUT2D eigenvalue weighted by molar-refractivity contribution is 5.93. The summed E-state index contributed by atoms with van der Waals surface area (Å²) in [4.78, 5) is 14.9. The Morgan fingerprint density at radius 1 is 0.972 bits per heavy atom. The number of methoxy groups -OCH3 is 1. The Hall–Kier alpha value is -3.00. The molecule has 1 N–H and O–H groups in total. The van der Waals surface area contributed by atoms with E-state index in [-0.39, 0.29) is 23.8 Å². The lowest BCUT2D eigenvalue weighted by atomic mass is 10.0. The molecule has 2 aromatic carbocycles. The summed E-state index contributed by atoms with van der Waals surface area (Å²) >= 11 is 0. The molecule has 1 amide bonds. The number of hydrogen-bond acceptors (Lipinski definition) is 4. The van der Waals surface area contributed by atoms with E-state index in [2.05, 4.69) is 24.1 Å². The van der Waals surface area contributed by atoms with Crippen LogP contribution in [0.15, 0.2) is 30.3 Å². The van der Waals surface area contributed by atoms with Crippen LogP contribution in [0.4, 0.5) is 18.9 Å². The van der Waals surface area contributed by atoms with Crippen LogP contribution >= 0.6 is 0 Å². The van der Waals surface area contributed by atoms with Crippen LogP contribution in [0.25, 0.3) is 12.2 Å². The molecule has 0 saturated heterocycles. The van der Waals surface area contributed by atoms with Gasteiger partial charge in [-0.3, -0.25) is 4.79 Å². The first kappa shape index (κ1) is 29.2. The summed E-state index contributed by atoms with van der Waals surface area (Å²) in [7, 11) is 1.62. The number of nitrogens with one attached hydrogen (secondary N) is 1. The average Bonchev–Trinajstić information content (AvgIpc) is 2.82. The highest BCUT2D eigenvalue weighted by Gasteiger charge is 2.29. The van der Waals surface area contributed by atoms with Crippen LogP contribution in [0.1, 0.15) is 55.4 Å². The van der Waals surface area contributed by atoms with Gasteiger partial charge in [-0.1, -0.05) is 38.1 Å². The molecule has 0 spiro atoms. The largest absolute Gasteiger partial charge is 0.496 e. The van der Waals surface area contributed by atoms with Gasteiger partial charge in [0.25, 0.3) is 0 Å². The fourth-order valence-corrected chi connectivity index (χ4v) is 3.83.